The molecule has 0 saturated carbocycles. The second-order valence-corrected chi connectivity index (χ2v) is 3.77. The molecule has 0 aromatic carbocycles. The van der Waals surface area contributed by atoms with Crippen molar-refractivity contribution in [2.24, 2.45) is 5.40 Å². The van der Waals surface area contributed by atoms with Crippen molar-refractivity contribution in [3.05, 3.63) is 12.2 Å². The van der Waals surface area contributed by atoms with E-state index in [2.05, 4.69) is 11.0 Å². The summed E-state index contributed by atoms with van der Waals surface area (Å²) in [5.74, 6) is -0.510. The Kier molecular flexibility index (Phi) is 3.52. The van der Waals surface area contributed by atoms with Crippen molar-refractivity contribution >= 4 is 25.6 Å². The zero-order valence-corrected chi connectivity index (χ0v) is 6.97. The molecule has 0 fully saturated rings. The SMILES string of the molecule is C=C(C)C(=O)O[SiH](N)Cl. The molecule has 0 aromatic rings. The minimum atomic E-state index is -2.22. The normalized spacial score (nSPS) is 12.3. The average molecular weight is 166 g/mol. The van der Waals surface area contributed by atoms with Gasteiger partial charge in [0.15, 0.2) is 0 Å². The third kappa shape index (κ3) is 4.20. The summed E-state index contributed by atoms with van der Waals surface area (Å²) in [4.78, 5) is 10.5. The van der Waals surface area contributed by atoms with Crippen LogP contribution >= 0.6 is 11.1 Å². The highest BCUT2D eigenvalue weighted by molar-refractivity contribution is 7.01. The second kappa shape index (κ2) is 3.65. The maximum absolute atomic E-state index is 10.5. The first-order valence-electron chi connectivity index (χ1n) is 2.30. The molecule has 0 heterocycles. The molecule has 0 rings (SSSR count). The van der Waals surface area contributed by atoms with Gasteiger partial charge in [0.2, 0.25) is 0 Å². The zero-order chi connectivity index (χ0) is 7.44. The Morgan fingerprint density at radius 2 is 2.33 bits per heavy atom. The van der Waals surface area contributed by atoms with E-state index < -0.39 is 14.5 Å². The minimum absolute atomic E-state index is 0.318. The maximum Gasteiger partial charge on any atom is 0.415 e. The molecule has 1 unspecified atom stereocenters. The molecule has 52 valence electrons. The van der Waals surface area contributed by atoms with Gasteiger partial charge in [-0.3, -0.25) is 0 Å². The molecule has 0 bridgehead atoms. The van der Waals surface area contributed by atoms with Crippen LogP contribution in [0, 0.1) is 0 Å². The van der Waals surface area contributed by atoms with Gasteiger partial charge < -0.3 is 9.83 Å². The Balaban J connectivity index is 3.65. The molecule has 0 spiro atoms. The Bertz CT molecular complexity index is 137. The molecule has 0 aliphatic heterocycles. The van der Waals surface area contributed by atoms with E-state index in [1.165, 1.54) is 6.92 Å². The predicted molar refractivity (Wildman–Crippen MR) is 38.1 cm³/mol. The Morgan fingerprint density at radius 3 is 2.44 bits per heavy atom. The summed E-state index contributed by atoms with van der Waals surface area (Å²) in [5, 5.41) is 5.05. The highest BCUT2D eigenvalue weighted by Gasteiger charge is 2.07. The Hall–Kier alpha value is -0.323. The average Bonchev–Trinajstić information content (AvgIpc) is 1.63. The topological polar surface area (TPSA) is 52.3 Å². The number of carbonyl (C=O) groups excluding carboxylic acids is 1. The van der Waals surface area contributed by atoms with E-state index in [1.54, 1.807) is 0 Å². The lowest BCUT2D eigenvalue weighted by Crippen LogP contribution is -2.26. The van der Waals surface area contributed by atoms with Gasteiger partial charge in [-0.25, -0.2) is 4.79 Å². The maximum atomic E-state index is 10.5. The predicted octanol–water partition coefficient (Wildman–Crippen LogP) is 0.0204. The van der Waals surface area contributed by atoms with Crippen LogP contribution in [0.15, 0.2) is 12.2 Å². The fourth-order valence-electron chi connectivity index (χ4n) is 0.203. The van der Waals surface area contributed by atoms with Gasteiger partial charge in [0.25, 0.3) is 0 Å². The van der Waals surface area contributed by atoms with Crippen molar-refractivity contribution in [3.63, 3.8) is 0 Å². The van der Waals surface area contributed by atoms with Gasteiger partial charge in [0.1, 0.15) is 0 Å². The smallest absolute Gasteiger partial charge is 0.415 e. The van der Waals surface area contributed by atoms with E-state index in [1.807, 2.05) is 0 Å². The van der Waals surface area contributed by atoms with Crippen LogP contribution in [0.3, 0.4) is 0 Å². The largest absolute Gasteiger partial charge is 0.490 e. The van der Waals surface area contributed by atoms with Crippen molar-refractivity contribution in [2.45, 2.75) is 6.92 Å². The van der Waals surface area contributed by atoms with Crippen LogP contribution in [0.2, 0.25) is 0 Å². The quantitative estimate of drug-likeness (QED) is 0.357. The van der Waals surface area contributed by atoms with Gasteiger partial charge >= 0.3 is 14.5 Å². The molecule has 0 amide bonds. The molecule has 0 aliphatic rings. The molecule has 0 aliphatic carbocycles. The van der Waals surface area contributed by atoms with Gasteiger partial charge in [0, 0.05) is 5.57 Å². The van der Waals surface area contributed by atoms with Crippen LogP contribution in [0.1, 0.15) is 6.92 Å². The summed E-state index contributed by atoms with van der Waals surface area (Å²) in [7, 11) is -2.22. The first kappa shape index (κ1) is 8.68. The highest BCUT2D eigenvalue weighted by atomic mass is 35.6. The number of halogens is 1. The van der Waals surface area contributed by atoms with E-state index in [9.17, 15) is 4.79 Å². The van der Waals surface area contributed by atoms with Crippen molar-refractivity contribution in [1.82, 2.24) is 0 Å². The molecular formula is C4H8ClNO2Si. The molecule has 2 N–H and O–H groups in total. The summed E-state index contributed by atoms with van der Waals surface area (Å²) in [5.41, 5.74) is 0.318. The summed E-state index contributed by atoms with van der Waals surface area (Å²) in [6, 6.07) is 0. The monoisotopic (exact) mass is 165 g/mol. The van der Waals surface area contributed by atoms with Gasteiger partial charge in [-0.05, 0) is 6.92 Å². The zero-order valence-electron chi connectivity index (χ0n) is 5.06. The first-order chi connectivity index (χ1) is 4.04. The van der Waals surface area contributed by atoms with E-state index in [-0.39, 0.29) is 0 Å². The van der Waals surface area contributed by atoms with Gasteiger partial charge in [-0.1, -0.05) is 6.58 Å². The molecular weight excluding hydrogens is 158 g/mol. The third-order valence-corrected chi connectivity index (χ3v) is 1.27. The lowest BCUT2D eigenvalue weighted by Gasteiger charge is -2.02. The molecule has 9 heavy (non-hydrogen) atoms. The van der Waals surface area contributed by atoms with Crippen LogP contribution in [-0.4, -0.2) is 14.5 Å². The fourth-order valence-corrected chi connectivity index (χ4v) is 0.851. The molecule has 3 nitrogen and oxygen atoms in total. The number of rotatable bonds is 2. The summed E-state index contributed by atoms with van der Waals surface area (Å²) in [6.45, 7) is 4.88. The molecule has 5 heteroatoms. The van der Waals surface area contributed by atoms with E-state index in [4.69, 9.17) is 16.5 Å². The molecule has 0 saturated heterocycles. The molecule has 1 atom stereocenters. The van der Waals surface area contributed by atoms with Crippen LogP contribution in [0.5, 0.6) is 0 Å². The van der Waals surface area contributed by atoms with Crippen molar-refractivity contribution in [1.29, 1.82) is 0 Å². The Morgan fingerprint density at radius 1 is 1.89 bits per heavy atom. The number of hydrogen-bond acceptors (Lipinski definition) is 3. The lowest BCUT2D eigenvalue weighted by atomic mass is 10.4. The van der Waals surface area contributed by atoms with Gasteiger partial charge in [-0.15, -0.1) is 11.1 Å². The number of hydrogen-bond donors (Lipinski definition) is 1. The Labute approximate surface area is 59.9 Å². The highest BCUT2D eigenvalue weighted by Crippen LogP contribution is 1.93. The number of nitrogens with two attached hydrogens (primary N) is 1. The van der Waals surface area contributed by atoms with E-state index >= 15 is 0 Å². The van der Waals surface area contributed by atoms with Crippen LogP contribution < -0.4 is 5.40 Å². The summed E-state index contributed by atoms with van der Waals surface area (Å²) >= 11 is 5.25. The molecule has 0 radical (unpaired) electrons. The van der Waals surface area contributed by atoms with Crippen molar-refractivity contribution in [2.75, 3.05) is 0 Å². The standard InChI is InChI=1S/C4H8ClNO2Si/c1-3(2)4(7)8-9(5)6/h9H,1,6H2,2H3. The van der Waals surface area contributed by atoms with Crippen molar-refractivity contribution < 1.29 is 9.22 Å². The van der Waals surface area contributed by atoms with Gasteiger partial charge in [0.05, 0.1) is 0 Å². The van der Waals surface area contributed by atoms with E-state index in [0.717, 1.165) is 0 Å². The third-order valence-electron chi connectivity index (χ3n) is 0.568. The summed E-state index contributed by atoms with van der Waals surface area (Å²) in [6.07, 6.45) is 0. The van der Waals surface area contributed by atoms with Crippen LogP contribution in [0.25, 0.3) is 0 Å². The van der Waals surface area contributed by atoms with Crippen LogP contribution in [0.4, 0.5) is 0 Å². The number of carbonyl (C=O) groups is 1. The minimum Gasteiger partial charge on any atom is -0.490 e. The lowest BCUT2D eigenvalue weighted by molar-refractivity contribution is -0.130. The summed E-state index contributed by atoms with van der Waals surface area (Å²) < 4.78 is 4.46. The van der Waals surface area contributed by atoms with Crippen LogP contribution in [-0.2, 0) is 9.22 Å². The second-order valence-electron chi connectivity index (χ2n) is 1.54. The fraction of sp³-hybridized carbons (Fsp3) is 0.250. The molecule has 0 aromatic heterocycles. The van der Waals surface area contributed by atoms with Gasteiger partial charge in [-0.2, -0.15) is 0 Å². The van der Waals surface area contributed by atoms with E-state index in [0.29, 0.717) is 5.57 Å². The van der Waals surface area contributed by atoms with Crippen molar-refractivity contribution in [3.8, 4) is 0 Å². The first-order valence-corrected chi connectivity index (χ1v) is 5.18.